The van der Waals surface area contributed by atoms with Crippen LogP contribution >= 0.6 is 0 Å². The summed E-state index contributed by atoms with van der Waals surface area (Å²) in [4.78, 5) is 0. The Morgan fingerprint density at radius 2 is 1.28 bits per heavy atom. The molecule has 2 nitrogen and oxygen atoms in total. The van der Waals surface area contributed by atoms with Gasteiger partial charge in [0.25, 0.3) is 0 Å². The second-order valence-corrected chi connectivity index (χ2v) is 6.44. The van der Waals surface area contributed by atoms with E-state index in [1.54, 1.807) is 0 Å². The molecule has 0 aliphatic carbocycles. The molecular weight excluding hydrogens is 222 g/mol. The molecule has 3 N–H and O–H groups in total. The molecule has 1 rings (SSSR count). The number of anilines is 1. The Bertz CT molecular complexity index is 396. The molecule has 0 aliphatic heterocycles. The van der Waals surface area contributed by atoms with Crippen LogP contribution in [0.4, 0.5) is 5.69 Å². The summed E-state index contributed by atoms with van der Waals surface area (Å²) >= 11 is 0. The number of nitrogen functional groups attached to an aromatic ring is 1. The molecule has 0 radical (unpaired) electrons. The number of benzene rings is 1. The number of rotatable bonds is 4. The van der Waals surface area contributed by atoms with E-state index in [0.29, 0.717) is 5.75 Å². The minimum absolute atomic E-state index is 0.0575. The number of aromatic hydroxyl groups is 1. The third kappa shape index (κ3) is 2.63. The number of nitrogens with two attached hydrogens (primary N) is 1. The van der Waals surface area contributed by atoms with Gasteiger partial charge in [0.2, 0.25) is 0 Å². The van der Waals surface area contributed by atoms with Gasteiger partial charge in [-0.2, -0.15) is 0 Å². The number of hydrogen-bond donors (Lipinski definition) is 2. The molecule has 0 atom stereocenters. The molecule has 0 spiro atoms. The van der Waals surface area contributed by atoms with Crippen LogP contribution in [0.3, 0.4) is 0 Å². The zero-order chi connectivity index (χ0) is 14.1. The Morgan fingerprint density at radius 1 is 0.944 bits per heavy atom. The smallest absolute Gasteiger partial charge is 0.123 e. The molecule has 0 bridgehead atoms. The third-order valence-corrected chi connectivity index (χ3v) is 4.36. The molecule has 1 aromatic rings. The zero-order valence-electron chi connectivity index (χ0n) is 12.6. The van der Waals surface area contributed by atoms with Crippen molar-refractivity contribution in [2.75, 3.05) is 5.73 Å². The highest BCUT2D eigenvalue weighted by Gasteiger charge is 2.29. The quantitative estimate of drug-likeness (QED) is 0.615. The lowest BCUT2D eigenvalue weighted by Gasteiger charge is -2.30. The van der Waals surface area contributed by atoms with Crippen LogP contribution in [0.2, 0.25) is 0 Å². The van der Waals surface area contributed by atoms with Gasteiger partial charge in [-0.25, -0.2) is 0 Å². The van der Waals surface area contributed by atoms with Gasteiger partial charge in [-0.1, -0.05) is 41.5 Å². The Kier molecular flexibility index (Phi) is 3.99. The molecule has 0 unspecified atom stereocenters. The summed E-state index contributed by atoms with van der Waals surface area (Å²) in [5.74, 6) is 0.419. The van der Waals surface area contributed by atoms with Crippen molar-refractivity contribution in [3.8, 4) is 5.75 Å². The first-order chi connectivity index (χ1) is 8.15. The molecule has 0 amide bonds. The second-order valence-electron chi connectivity index (χ2n) is 6.44. The summed E-state index contributed by atoms with van der Waals surface area (Å²) in [6, 6.07) is 3.82. The van der Waals surface area contributed by atoms with Crippen molar-refractivity contribution < 1.29 is 5.11 Å². The lowest BCUT2D eigenvalue weighted by molar-refractivity contribution is 0.401. The first kappa shape index (κ1) is 14.9. The molecule has 0 aliphatic rings. The van der Waals surface area contributed by atoms with Crippen LogP contribution in [0.1, 0.15) is 65.5 Å². The van der Waals surface area contributed by atoms with E-state index in [2.05, 4.69) is 41.5 Å². The van der Waals surface area contributed by atoms with Crippen LogP contribution in [-0.4, -0.2) is 5.11 Å². The Balaban J connectivity index is 3.50. The highest BCUT2D eigenvalue weighted by molar-refractivity contribution is 5.57. The standard InChI is InChI=1S/C16H27NO/c1-7-15(3,4)12-9-11(17)10-13(14(12)18)16(5,6)8-2/h9-10,18H,7-8,17H2,1-6H3. The molecule has 2 heteroatoms. The average Bonchev–Trinajstić information content (AvgIpc) is 2.31. The summed E-state index contributed by atoms with van der Waals surface area (Å²) in [6.07, 6.45) is 1.94. The summed E-state index contributed by atoms with van der Waals surface area (Å²) in [6.45, 7) is 12.8. The largest absolute Gasteiger partial charge is 0.507 e. The molecular formula is C16H27NO. The van der Waals surface area contributed by atoms with Crippen molar-refractivity contribution in [1.82, 2.24) is 0 Å². The van der Waals surface area contributed by atoms with Gasteiger partial charge in [0.15, 0.2) is 0 Å². The van der Waals surface area contributed by atoms with E-state index in [1.165, 1.54) is 0 Å². The lowest BCUT2D eigenvalue weighted by Crippen LogP contribution is -2.21. The SMILES string of the molecule is CCC(C)(C)c1cc(N)cc(C(C)(C)CC)c1O. The van der Waals surface area contributed by atoms with E-state index >= 15 is 0 Å². The van der Waals surface area contributed by atoms with Crippen LogP contribution in [0.15, 0.2) is 12.1 Å². The second kappa shape index (κ2) is 4.83. The van der Waals surface area contributed by atoms with Crippen molar-refractivity contribution >= 4 is 5.69 Å². The normalized spacial score (nSPS) is 12.8. The number of hydrogen-bond acceptors (Lipinski definition) is 2. The van der Waals surface area contributed by atoms with Crippen molar-refractivity contribution in [3.63, 3.8) is 0 Å². The molecule has 102 valence electrons. The number of phenols is 1. The highest BCUT2D eigenvalue weighted by atomic mass is 16.3. The van der Waals surface area contributed by atoms with Gasteiger partial charge in [-0.3, -0.25) is 0 Å². The van der Waals surface area contributed by atoms with Crippen molar-refractivity contribution in [1.29, 1.82) is 0 Å². The van der Waals surface area contributed by atoms with Crippen molar-refractivity contribution in [2.45, 2.75) is 65.2 Å². The fourth-order valence-corrected chi connectivity index (χ4v) is 2.07. The summed E-state index contributed by atoms with van der Waals surface area (Å²) in [7, 11) is 0. The van der Waals surface area contributed by atoms with E-state index in [1.807, 2.05) is 12.1 Å². The molecule has 18 heavy (non-hydrogen) atoms. The van der Waals surface area contributed by atoms with Crippen LogP contribution in [0.25, 0.3) is 0 Å². The van der Waals surface area contributed by atoms with Crippen LogP contribution in [0.5, 0.6) is 5.75 Å². The van der Waals surface area contributed by atoms with Gasteiger partial charge in [-0.15, -0.1) is 0 Å². The first-order valence-corrected chi connectivity index (χ1v) is 6.79. The van der Waals surface area contributed by atoms with Crippen LogP contribution in [0, 0.1) is 0 Å². The minimum Gasteiger partial charge on any atom is -0.507 e. The monoisotopic (exact) mass is 249 g/mol. The van der Waals surface area contributed by atoms with E-state index in [-0.39, 0.29) is 10.8 Å². The molecule has 0 aromatic heterocycles. The molecule has 0 heterocycles. The maximum absolute atomic E-state index is 10.6. The van der Waals surface area contributed by atoms with E-state index in [9.17, 15) is 5.11 Å². The Morgan fingerprint density at radius 3 is 1.56 bits per heavy atom. The Hall–Kier alpha value is -1.18. The number of phenolic OH excluding ortho intramolecular Hbond substituents is 1. The predicted octanol–water partition coefficient (Wildman–Crippen LogP) is 4.35. The van der Waals surface area contributed by atoms with Crippen LogP contribution < -0.4 is 5.73 Å². The third-order valence-electron chi connectivity index (χ3n) is 4.36. The fourth-order valence-electron chi connectivity index (χ4n) is 2.07. The lowest BCUT2D eigenvalue weighted by atomic mass is 9.75. The molecule has 0 saturated carbocycles. The summed E-state index contributed by atoms with van der Waals surface area (Å²) < 4.78 is 0. The van der Waals surface area contributed by atoms with E-state index in [4.69, 9.17) is 5.73 Å². The molecule has 0 fully saturated rings. The van der Waals surface area contributed by atoms with Gasteiger partial charge in [0, 0.05) is 16.8 Å². The van der Waals surface area contributed by atoms with Crippen molar-refractivity contribution in [2.24, 2.45) is 0 Å². The fraction of sp³-hybridized carbons (Fsp3) is 0.625. The van der Waals surface area contributed by atoms with Crippen molar-refractivity contribution in [3.05, 3.63) is 23.3 Å². The topological polar surface area (TPSA) is 46.2 Å². The maximum atomic E-state index is 10.6. The maximum Gasteiger partial charge on any atom is 0.123 e. The summed E-state index contributed by atoms with van der Waals surface area (Å²) in [5, 5.41) is 10.6. The van der Waals surface area contributed by atoms with Crippen LogP contribution in [-0.2, 0) is 10.8 Å². The van der Waals surface area contributed by atoms with E-state index in [0.717, 1.165) is 29.7 Å². The van der Waals surface area contributed by atoms with E-state index < -0.39 is 0 Å². The average molecular weight is 249 g/mol. The zero-order valence-corrected chi connectivity index (χ0v) is 12.6. The molecule has 0 saturated heterocycles. The van der Waals surface area contributed by atoms with Gasteiger partial charge < -0.3 is 10.8 Å². The van der Waals surface area contributed by atoms with Gasteiger partial charge in [-0.05, 0) is 35.8 Å². The predicted molar refractivity (Wildman–Crippen MR) is 79.2 cm³/mol. The molecule has 1 aromatic carbocycles. The Labute approximate surface area is 111 Å². The van der Waals surface area contributed by atoms with Gasteiger partial charge in [0.1, 0.15) is 5.75 Å². The highest BCUT2D eigenvalue weighted by Crippen LogP contribution is 2.42. The first-order valence-electron chi connectivity index (χ1n) is 6.79. The minimum atomic E-state index is -0.0575. The van der Waals surface area contributed by atoms with Gasteiger partial charge >= 0.3 is 0 Å². The summed E-state index contributed by atoms with van der Waals surface area (Å²) in [5.41, 5.74) is 8.56. The van der Waals surface area contributed by atoms with Gasteiger partial charge in [0.05, 0.1) is 0 Å².